The van der Waals surface area contributed by atoms with Crippen molar-refractivity contribution in [1.82, 2.24) is 0 Å². The average Bonchev–Trinajstić information content (AvgIpc) is 2.66. The Morgan fingerprint density at radius 3 is 2.91 bits per heavy atom. The van der Waals surface area contributed by atoms with Crippen molar-refractivity contribution in [3.05, 3.63) is 89.3 Å². The largest absolute Gasteiger partial charge is 0.629 e. The molecule has 0 N–H and O–H groups in total. The maximum atomic E-state index is 12.1. The number of fused-ring (bicyclic) bond motifs is 1. The summed E-state index contributed by atoms with van der Waals surface area (Å²) >= 11 is 0. The molecular formula is C18H18O4Si. The van der Waals surface area contributed by atoms with Gasteiger partial charge >= 0.3 is 8.80 Å². The fourth-order valence-electron chi connectivity index (χ4n) is 2.66. The van der Waals surface area contributed by atoms with Crippen LogP contribution in [-0.2, 0) is 8.85 Å². The van der Waals surface area contributed by atoms with Crippen LogP contribution in [0.3, 0.4) is 0 Å². The van der Waals surface area contributed by atoms with Gasteiger partial charge in [-0.25, -0.2) is 0 Å². The molecule has 5 heteroatoms. The highest BCUT2D eigenvalue weighted by Gasteiger charge is 2.57. The minimum atomic E-state index is -3.06. The molecule has 23 heavy (non-hydrogen) atoms. The van der Waals surface area contributed by atoms with Gasteiger partial charge in [0.2, 0.25) is 5.43 Å². The van der Waals surface area contributed by atoms with Crippen molar-refractivity contribution in [1.29, 1.82) is 0 Å². The molecule has 2 atom stereocenters. The van der Waals surface area contributed by atoms with Gasteiger partial charge in [0.1, 0.15) is 11.4 Å². The summed E-state index contributed by atoms with van der Waals surface area (Å²) in [6, 6.07) is 8.29. The lowest BCUT2D eigenvalue weighted by Crippen LogP contribution is -2.44. The van der Waals surface area contributed by atoms with E-state index >= 15 is 0 Å². The zero-order chi connectivity index (χ0) is 16.3. The maximum Gasteiger partial charge on any atom is 0.629 e. The van der Waals surface area contributed by atoms with Crippen molar-refractivity contribution in [3.8, 4) is 5.75 Å². The summed E-state index contributed by atoms with van der Waals surface area (Å²) in [5.74, 6) is 0.916. The summed E-state index contributed by atoms with van der Waals surface area (Å²) in [4.78, 5) is 12.1. The highest BCUT2D eigenvalue weighted by Crippen LogP contribution is 2.42. The fraction of sp³-hybridized carbons (Fsp3) is 0.167. The molecule has 0 aromatic heterocycles. The molecule has 1 aromatic rings. The minimum absolute atomic E-state index is 0.204. The molecule has 1 fully saturated rings. The van der Waals surface area contributed by atoms with Crippen molar-refractivity contribution >= 4 is 8.80 Å². The Hall–Kier alpha value is -2.37. The van der Waals surface area contributed by atoms with Crippen LogP contribution in [-0.4, -0.2) is 14.4 Å². The second-order valence-electron chi connectivity index (χ2n) is 5.46. The SMILES string of the molecule is C=CCC12C=CC=CC=C1O[Si](C)(Oc1cccccc1=O)O2. The lowest BCUT2D eigenvalue weighted by molar-refractivity contribution is 0.143. The van der Waals surface area contributed by atoms with E-state index in [0.717, 1.165) is 0 Å². The van der Waals surface area contributed by atoms with Crippen LogP contribution in [0.15, 0.2) is 83.9 Å². The molecule has 1 saturated heterocycles. The Morgan fingerprint density at radius 1 is 1.26 bits per heavy atom. The van der Waals surface area contributed by atoms with Gasteiger partial charge in [-0.2, -0.15) is 0 Å². The van der Waals surface area contributed by atoms with E-state index in [2.05, 4.69) is 6.58 Å². The van der Waals surface area contributed by atoms with Gasteiger partial charge in [0.05, 0.1) is 0 Å². The van der Waals surface area contributed by atoms with Gasteiger partial charge in [-0.15, -0.1) is 6.58 Å². The Labute approximate surface area is 136 Å². The van der Waals surface area contributed by atoms with Crippen molar-refractivity contribution in [2.24, 2.45) is 0 Å². The van der Waals surface area contributed by atoms with Crippen LogP contribution in [0.1, 0.15) is 6.42 Å². The van der Waals surface area contributed by atoms with Gasteiger partial charge in [-0.3, -0.25) is 4.79 Å². The predicted molar refractivity (Wildman–Crippen MR) is 91.0 cm³/mol. The molecule has 1 aromatic carbocycles. The van der Waals surface area contributed by atoms with Gasteiger partial charge in [0.15, 0.2) is 5.75 Å². The van der Waals surface area contributed by atoms with Gasteiger partial charge in [-0.1, -0.05) is 42.5 Å². The van der Waals surface area contributed by atoms with Crippen LogP contribution in [0.2, 0.25) is 6.55 Å². The third kappa shape index (κ3) is 3.06. The van der Waals surface area contributed by atoms with Gasteiger partial charge in [0, 0.05) is 13.0 Å². The maximum absolute atomic E-state index is 12.1. The van der Waals surface area contributed by atoms with Crippen LogP contribution in [0.4, 0.5) is 0 Å². The highest BCUT2D eigenvalue weighted by atomic mass is 28.4. The van der Waals surface area contributed by atoms with E-state index in [-0.39, 0.29) is 11.2 Å². The third-order valence-electron chi connectivity index (χ3n) is 3.62. The summed E-state index contributed by atoms with van der Waals surface area (Å²) in [5, 5.41) is 0. The van der Waals surface area contributed by atoms with E-state index in [1.165, 1.54) is 6.07 Å². The van der Waals surface area contributed by atoms with E-state index in [9.17, 15) is 4.79 Å². The molecule has 0 saturated carbocycles. The summed E-state index contributed by atoms with van der Waals surface area (Å²) < 4.78 is 18.2. The lowest BCUT2D eigenvalue weighted by Gasteiger charge is -2.24. The smallest absolute Gasteiger partial charge is 0.493 e. The Morgan fingerprint density at radius 2 is 2.09 bits per heavy atom. The van der Waals surface area contributed by atoms with E-state index in [1.54, 1.807) is 36.9 Å². The van der Waals surface area contributed by atoms with E-state index < -0.39 is 14.4 Å². The topological polar surface area (TPSA) is 44.8 Å². The van der Waals surface area contributed by atoms with Crippen LogP contribution < -0.4 is 9.85 Å². The van der Waals surface area contributed by atoms with Crippen molar-refractivity contribution < 1.29 is 13.3 Å². The van der Waals surface area contributed by atoms with Crippen LogP contribution in [0.5, 0.6) is 5.75 Å². The first kappa shape index (κ1) is 15.5. The van der Waals surface area contributed by atoms with Crippen molar-refractivity contribution in [3.63, 3.8) is 0 Å². The summed E-state index contributed by atoms with van der Waals surface area (Å²) in [6.45, 7) is 5.59. The zero-order valence-electron chi connectivity index (χ0n) is 12.9. The summed E-state index contributed by atoms with van der Waals surface area (Å²) in [6.07, 6.45) is 11.9. The molecule has 3 rings (SSSR count). The summed E-state index contributed by atoms with van der Waals surface area (Å²) in [7, 11) is -3.06. The zero-order valence-corrected chi connectivity index (χ0v) is 13.9. The van der Waals surface area contributed by atoms with Crippen LogP contribution in [0.25, 0.3) is 0 Å². The number of hydrogen-bond donors (Lipinski definition) is 0. The third-order valence-corrected chi connectivity index (χ3v) is 5.53. The number of allylic oxidation sites excluding steroid dienone is 4. The van der Waals surface area contributed by atoms with Crippen molar-refractivity contribution in [2.75, 3.05) is 0 Å². The molecule has 1 aliphatic heterocycles. The molecular weight excluding hydrogens is 308 g/mol. The van der Waals surface area contributed by atoms with Crippen LogP contribution >= 0.6 is 0 Å². The Balaban J connectivity index is 1.96. The van der Waals surface area contributed by atoms with Gasteiger partial charge in [0.25, 0.3) is 0 Å². The normalized spacial score (nSPS) is 28.3. The monoisotopic (exact) mass is 326 g/mol. The van der Waals surface area contributed by atoms with Crippen molar-refractivity contribution in [2.45, 2.75) is 18.6 Å². The second-order valence-corrected chi connectivity index (χ2v) is 7.80. The molecule has 1 heterocycles. The molecule has 0 spiro atoms. The Kier molecular flexibility index (Phi) is 4.06. The molecule has 118 valence electrons. The lowest BCUT2D eigenvalue weighted by atomic mass is 9.97. The van der Waals surface area contributed by atoms with Gasteiger partial charge in [-0.05, 0) is 24.3 Å². The molecule has 0 radical (unpaired) electrons. The minimum Gasteiger partial charge on any atom is -0.493 e. The Bertz CT molecular complexity index is 768. The van der Waals surface area contributed by atoms with Crippen LogP contribution in [0, 0.1) is 0 Å². The molecule has 1 aliphatic carbocycles. The predicted octanol–water partition coefficient (Wildman–Crippen LogP) is 3.37. The number of rotatable bonds is 4. The van der Waals surface area contributed by atoms with Gasteiger partial charge < -0.3 is 13.3 Å². The van der Waals surface area contributed by atoms with E-state index in [1.807, 2.05) is 30.4 Å². The molecule has 2 unspecified atom stereocenters. The molecule has 2 aliphatic rings. The van der Waals surface area contributed by atoms with E-state index in [4.69, 9.17) is 13.3 Å². The standard InChI is InChI=1S/C18H18O4Si/c1-3-13-18-14-9-5-8-12-17(18)21-23(2,22-18)20-16-11-7-4-6-10-15(16)19/h3-12,14H,1,13H2,2H3. The highest BCUT2D eigenvalue weighted by molar-refractivity contribution is 6.61. The quantitative estimate of drug-likeness (QED) is 0.629. The molecule has 0 amide bonds. The number of hydrogen-bond acceptors (Lipinski definition) is 4. The molecule has 0 bridgehead atoms. The average molecular weight is 326 g/mol. The fourth-order valence-corrected chi connectivity index (χ4v) is 4.91. The molecule has 4 nitrogen and oxygen atoms in total. The summed E-state index contributed by atoms with van der Waals surface area (Å²) in [5.41, 5.74) is -0.920. The first-order valence-corrected chi connectivity index (χ1v) is 9.65. The first-order chi connectivity index (χ1) is 11.1. The second kappa shape index (κ2) is 6.02. The first-order valence-electron chi connectivity index (χ1n) is 7.42. The van der Waals surface area contributed by atoms with E-state index in [0.29, 0.717) is 12.2 Å².